The number of esters is 1. The molecular formula is C16H12N2O5. The fourth-order valence-electron chi connectivity index (χ4n) is 1.85. The molecule has 7 nitrogen and oxygen atoms in total. The van der Waals surface area contributed by atoms with E-state index in [2.05, 4.69) is 10.5 Å². The number of carbonyl (C=O) groups excluding carboxylic acids is 2. The van der Waals surface area contributed by atoms with Crippen molar-refractivity contribution in [1.82, 2.24) is 5.16 Å². The van der Waals surface area contributed by atoms with Gasteiger partial charge in [0.2, 0.25) is 5.76 Å². The Bertz CT molecular complexity index is 836. The standard InChI is InChI=1S/C16H12N2O5/c1-10-8-14(23-18-10)16(20)22-12-5-2-4-11(9-12)17-15(19)13-6-3-7-21-13/h2-9H,1H3,(H,17,19). The third kappa shape index (κ3) is 3.46. The molecule has 0 aliphatic carbocycles. The molecular weight excluding hydrogens is 300 g/mol. The monoisotopic (exact) mass is 312 g/mol. The minimum Gasteiger partial charge on any atom is -0.459 e. The van der Waals surface area contributed by atoms with Crippen LogP contribution in [0.3, 0.4) is 0 Å². The fraction of sp³-hybridized carbons (Fsp3) is 0.0625. The van der Waals surface area contributed by atoms with Crippen LogP contribution in [0.1, 0.15) is 26.8 Å². The third-order valence-electron chi connectivity index (χ3n) is 2.88. The van der Waals surface area contributed by atoms with Gasteiger partial charge in [0, 0.05) is 17.8 Å². The van der Waals surface area contributed by atoms with Gasteiger partial charge in [0.05, 0.1) is 12.0 Å². The van der Waals surface area contributed by atoms with E-state index in [1.807, 2.05) is 0 Å². The molecule has 3 aromatic rings. The molecule has 3 rings (SSSR count). The van der Waals surface area contributed by atoms with Crippen molar-refractivity contribution in [1.29, 1.82) is 0 Å². The number of anilines is 1. The lowest BCUT2D eigenvalue weighted by molar-refractivity contribution is 0.0691. The zero-order chi connectivity index (χ0) is 16.2. The molecule has 1 amide bonds. The molecule has 7 heteroatoms. The zero-order valence-corrected chi connectivity index (χ0v) is 12.1. The van der Waals surface area contributed by atoms with E-state index < -0.39 is 11.9 Å². The number of rotatable bonds is 4. The summed E-state index contributed by atoms with van der Waals surface area (Å²) in [6.07, 6.45) is 1.41. The van der Waals surface area contributed by atoms with Crippen LogP contribution in [0, 0.1) is 6.92 Å². The second-order valence-electron chi connectivity index (χ2n) is 4.68. The van der Waals surface area contributed by atoms with E-state index in [0.717, 1.165) is 0 Å². The van der Waals surface area contributed by atoms with Crippen molar-refractivity contribution < 1.29 is 23.3 Å². The first kappa shape index (κ1) is 14.6. The molecule has 0 saturated heterocycles. The number of ether oxygens (including phenoxy) is 1. The van der Waals surface area contributed by atoms with Crippen LogP contribution in [-0.4, -0.2) is 17.0 Å². The van der Waals surface area contributed by atoms with E-state index in [-0.39, 0.29) is 17.3 Å². The molecule has 0 spiro atoms. The summed E-state index contributed by atoms with van der Waals surface area (Å²) in [5.41, 5.74) is 1.04. The highest BCUT2D eigenvalue weighted by Gasteiger charge is 2.15. The average molecular weight is 312 g/mol. The summed E-state index contributed by atoms with van der Waals surface area (Å²) in [6.45, 7) is 1.70. The highest BCUT2D eigenvalue weighted by atomic mass is 16.6. The Morgan fingerprint density at radius 1 is 1.13 bits per heavy atom. The number of benzene rings is 1. The van der Waals surface area contributed by atoms with Gasteiger partial charge in [0.25, 0.3) is 5.91 Å². The smallest absolute Gasteiger partial charge is 0.382 e. The largest absolute Gasteiger partial charge is 0.459 e. The molecule has 0 fully saturated rings. The van der Waals surface area contributed by atoms with Crippen molar-refractivity contribution in [3.63, 3.8) is 0 Å². The average Bonchev–Trinajstić information content (AvgIpc) is 3.18. The molecule has 0 aliphatic rings. The lowest BCUT2D eigenvalue weighted by Gasteiger charge is -2.06. The lowest BCUT2D eigenvalue weighted by atomic mass is 10.3. The Morgan fingerprint density at radius 2 is 2.00 bits per heavy atom. The first-order valence-electron chi connectivity index (χ1n) is 6.72. The number of amides is 1. The van der Waals surface area contributed by atoms with Gasteiger partial charge in [-0.3, -0.25) is 4.79 Å². The third-order valence-corrected chi connectivity index (χ3v) is 2.88. The number of carbonyl (C=O) groups is 2. The highest BCUT2D eigenvalue weighted by Crippen LogP contribution is 2.19. The van der Waals surface area contributed by atoms with Crippen LogP contribution in [0.2, 0.25) is 0 Å². The summed E-state index contributed by atoms with van der Waals surface area (Å²) in [5.74, 6) is -0.609. The minimum absolute atomic E-state index is 0.00697. The van der Waals surface area contributed by atoms with Crippen molar-refractivity contribution in [3.8, 4) is 5.75 Å². The maximum atomic E-state index is 11.9. The van der Waals surface area contributed by atoms with E-state index in [9.17, 15) is 9.59 Å². The number of aryl methyl sites for hydroxylation is 1. The van der Waals surface area contributed by atoms with Gasteiger partial charge in [-0.15, -0.1) is 0 Å². The number of nitrogens with zero attached hydrogens (tertiary/aromatic N) is 1. The predicted octanol–water partition coefficient (Wildman–Crippen LogP) is 3.05. The molecule has 1 N–H and O–H groups in total. The normalized spacial score (nSPS) is 10.3. The highest BCUT2D eigenvalue weighted by molar-refractivity contribution is 6.02. The summed E-state index contributed by atoms with van der Waals surface area (Å²) in [7, 11) is 0. The van der Waals surface area contributed by atoms with E-state index >= 15 is 0 Å². The van der Waals surface area contributed by atoms with E-state index in [1.165, 1.54) is 18.4 Å². The van der Waals surface area contributed by atoms with Crippen LogP contribution in [0.4, 0.5) is 5.69 Å². The molecule has 2 aromatic heterocycles. The van der Waals surface area contributed by atoms with Gasteiger partial charge in [0.15, 0.2) is 5.76 Å². The number of hydrogen-bond donors (Lipinski definition) is 1. The maximum absolute atomic E-state index is 11.9. The van der Waals surface area contributed by atoms with Gasteiger partial charge in [0.1, 0.15) is 5.75 Å². The van der Waals surface area contributed by atoms with Crippen LogP contribution in [0.5, 0.6) is 5.75 Å². The number of aromatic nitrogens is 1. The molecule has 116 valence electrons. The van der Waals surface area contributed by atoms with Crippen molar-refractivity contribution in [2.45, 2.75) is 6.92 Å². The minimum atomic E-state index is -0.667. The van der Waals surface area contributed by atoms with Gasteiger partial charge in [-0.05, 0) is 31.2 Å². The summed E-state index contributed by atoms with van der Waals surface area (Å²) in [5, 5.41) is 6.26. The van der Waals surface area contributed by atoms with Crippen molar-refractivity contribution in [3.05, 3.63) is 65.9 Å². The van der Waals surface area contributed by atoms with Gasteiger partial charge >= 0.3 is 5.97 Å². The first-order chi connectivity index (χ1) is 11.1. The molecule has 23 heavy (non-hydrogen) atoms. The van der Waals surface area contributed by atoms with Gasteiger partial charge in [-0.25, -0.2) is 4.79 Å². The zero-order valence-electron chi connectivity index (χ0n) is 12.1. The van der Waals surface area contributed by atoms with Crippen LogP contribution < -0.4 is 10.1 Å². The molecule has 0 radical (unpaired) electrons. The van der Waals surface area contributed by atoms with E-state index in [1.54, 1.807) is 37.3 Å². The van der Waals surface area contributed by atoms with Crippen molar-refractivity contribution in [2.75, 3.05) is 5.32 Å². The van der Waals surface area contributed by atoms with Gasteiger partial charge in [-0.2, -0.15) is 0 Å². The van der Waals surface area contributed by atoms with Crippen molar-refractivity contribution >= 4 is 17.6 Å². The number of hydrogen-bond acceptors (Lipinski definition) is 6. The summed E-state index contributed by atoms with van der Waals surface area (Å²) < 4.78 is 15.0. The van der Waals surface area contributed by atoms with Crippen LogP contribution in [0.25, 0.3) is 0 Å². The Hall–Kier alpha value is -3.35. The summed E-state index contributed by atoms with van der Waals surface area (Å²) in [6, 6.07) is 11.1. The summed E-state index contributed by atoms with van der Waals surface area (Å²) >= 11 is 0. The molecule has 0 unspecified atom stereocenters. The van der Waals surface area contributed by atoms with E-state index in [0.29, 0.717) is 11.4 Å². The molecule has 2 heterocycles. The predicted molar refractivity (Wildman–Crippen MR) is 79.3 cm³/mol. The van der Waals surface area contributed by atoms with Crippen LogP contribution >= 0.6 is 0 Å². The molecule has 0 atom stereocenters. The Balaban J connectivity index is 1.70. The maximum Gasteiger partial charge on any atom is 0.382 e. The molecule has 0 aliphatic heterocycles. The SMILES string of the molecule is Cc1cc(C(=O)Oc2cccc(NC(=O)c3ccco3)c2)on1. The Kier molecular flexibility index (Phi) is 3.92. The second-order valence-corrected chi connectivity index (χ2v) is 4.68. The number of nitrogens with one attached hydrogen (secondary N) is 1. The Morgan fingerprint density at radius 3 is 2.70 bits per heavy atom. The topological polar surface area (TPSA) is 94.6 Å². The van der Waals surface area contributed by atoms with E-state index in [4.69, 9.17) is 13.7 Å². The first-order valence-corrected chi connectivity index (χ1v) is 6.72. The molecule has 0 saturated carbocycles. The summed E-state index contributed by atoms with van der Waals surface area (Å²) in [4.78, 5) is 23.8. The van der Waals surface area contributed by atoms with Gasteiger partial charge < -0.3 is 19.0 Å². The van der Waals surface area contributed by atoms with Crippen LogP contribution in [0.15, 0.2) is 57.7 Å². The molecule has 1 aromatic carbocycles. The fourth-order valence-corrected chi connectivity index (χ4v) is 1.85. The second kappa shape index (κ2) is 6.18. The van der Waals surface area contributed by atoms with Crippen molar-refractivity contribution in [2.24, 2.45) is 0 Å². The molecule has 0 bridgehead atoms. The van der Waals surface area contributed by atoms with Crippen LogP contribution in [-0.2, 0) is 0 Å². The Labute approximate surface area is 130 Å². The quantitative estimate of drug-likeness (QED) is 0.587. The lowest BCUT2D eigenvalue weighted by Crippen LogP contribution is -2.11. The van der Waals surface area contributed by atoms with Gasteiger partial charge in [-0.1, -0.05) is 11.2 Å². The number of furan rings is 1.